The van der Waals surface area contributed by atoms with Gasteiger partial charge in [0.05, 0.1) is 12.1 Å². The standard InChI is InChI=1S/C11H8BrClN2O/c12-9-3-10(7-15-6-9)16-11-1-2-14-5-8(11)4-13/h1-3,5-7H,4H2. The lowest BCUT2D eigenvalue weighted by Gasteiger charge is -2.08. The van der Waals surface area contributed by atoms with Crippen LogP contribution < -0.4 is 4.74 Å². The minimum atomic E-state index is 0.366. The number of rotatable bonds is 3. The first-order valence-corrected chi connectivity index (χ1v) is 5.89. The highest BCUT2D eigenvalue weighted by molar-refractivity contribution is 9.10. The summed E-state index contributed by atoms with van der Waals surface area (Å²) in [5, 5.41) is 0. The van der Waals surface area contributed by atoms with Gasteiger partial charge in [-0.25, -0.2) is 0 Å². The molecule has 0 saturated heterocycles. The third-order valence-corrected chi connectivity index (χ3v) is 2.63. The van der Waals surface area contributed by atoms with Crippen LogP contribution in [0, 0.1) is 0 Å². The Bertz CT molecular complexity index is 493. The zero-order valence-corrected chi connectivity index (χ0v) is 10.6. The van der Waals surface area contributed by atoms with Gasteiger partial charge in [0.1, 0.15) is 11.5 Å². The number of ether oxygens (including phenoxy) is 1. The van der Waals surface area contributed by atoms with Crippen molar-refractivity contribution in [2.45, 2.75) is 5.88 Å². The molecule has 0 aliphatic heterocycles. The fourth-order valence-electron chi connectivity index (χ4n) is 1.19. The molecule has 2 rings (SSSR count). The molecule has 0 aromatic carbocycles. The Morgan fingerprint density at radius 2 is 2.12 bits per heavy atom. The van der Waals surface area contributed by atoms with Crippen molar-refractivity contribution >= 4 is 27.5 Å². The van der Waals surface area contributed by atoms with Crippen LogP contribution in [0.5, 0.6) is 11.5 Å². The van der Waals surface area contributed by atoms with E-state index in [0.29, 0.717) is 17.4 Å². The molecule has 5 heteroatoms. The Balaban J connectivity index is 2.26. The normalized spacial score (nSPS) is 10.1. The van der Waals surface area contributed by atoms with E-state index >= 15 is 0 Å². The molecule has 0 radical (unpaired) electrons. The van der Waals surface area contributed by atoms with E-state index in [9.17, 15) is 0 Å². The summed E-state index contributed by atoms with van der Waals surface area (Å²) < 4.78 is 6.53. The number of pyridine rings is 2. The van der Waals surface area contributed by atoms with Crippen molar-refractivity contribution in [1.82, 2.24) is 9.97 Å². The molecule has 0 spiro atoms. The summed E-state index contributed by atoms with van der Waals surface area (Å²) in [6, 6.07) is 3.62. The molecule has 3 nitrogen and oxygen atoms in total. The van der Waals surface area contributed by atoms with Crippen molar-refractivity contribution in [1.29, 1.82) is 0 Å². The first-order chi connectivity index (χ1) is 7.79. The highest BCUT2D eigenvalue weighted by Crippen LogP contribution is 2.26. The summed E-state index contributed by atoms with van der Waals surface area (Å²) in [6.07, 6.45) is 6.69. The van der Waals surface area contributed by atoms with Crippen molar-refractivity contribution in [3.63, 3.8) is 0 Å². The quantitative estimate of drug-likeness (QED) is 0.809. The molecule has 0 unspecified atom stereocenters. The van der Waals surface area contributed by atoms with Crippen LogP contribution in [-0.4, -0.2) is 9.97 Å². The molecule has 0 bridgehead atoms. The van der Waals surface area contributed by atoms with Crippen LogP contribution >= 0.6 is 27.5 Å². The number of nitrogens with zero attached hydrogens (tertiary/aromatic N) is 2. The first kappa shape index (κ1) is 11.4. The summed E-state index contributed by atoms with van der Waals surface area (Å²) in [4.78, 5) is 8.00. The lowest BCUT2D eigenvalue weighted by molar-refractivity contribution is 0.475. The maximum Gasteiger partial charge on any atom is 0.146 e. The number of alkyl halides is 1. The van der Waals surface area contributed by atoms with Gasteiger partial charge in [-0.2, -0.15) is 0 Å². The van der Waals surface area contributed by atoms with E-state index in [0.717, 1.165) is 10.0 Å². The molecule has 0 saturated carbocycles. The third kappa shape index (κ3) is 2.71. The molecular weight excluding hydrogens is 291 g/mol. The monoisotopic (exact) mass is 298 g/mol. The molecule has 0 aliphatic rings. The topological polar surface area (TPSA) is 35.0 Å². The summed E-state index contributed by atoms with van der Waals surface area (Å²) in [7, 11) is 0. The number of aromatic nitrogens is 2. The Hall–Kier alpha value is -1.13. The maximum atomic E-state index is 5.78. The van der Waals surface area contributed by atoms with E-state index < -0.39 is 0 Å². The molecular formula is C11H8BrClN2O. The second-order valence-electron chi connectivity index (χ2n) is 3.06. The van der Waals surface area contributed by atoms with Crippen LogP contribution in [0.3, 0.4) is 0 Å². The summed E-state index contributed by atoms with van der Waals surface area (Å²) >= 11 is 9.11. The average molecular weight is 300 g/mol. The smallest absolute Gasteiger partial charge is 0.146 e. The molecule has 0 amide bonds. The zero-order valence-electron chi connectivity index (χ0n) is 8.23. The van der Waals surface area contributed by atoms with Crippen molar-refractivity contribution in [2.24, 2.45) is 0 Å². The fourth-order valence-corrected chi connectivity index (χ4v) is 1.73. The second-order valence-corrected chi connectivity index (χ2v) is 4.24. The van der Waals surface area contributed by atoms with Crippen LogP contribution in [0.4, 0.5) is 0 Å². The van der Waals surface area contributed by atoms with Gasteiger partial charge in [0, 0.05) is 28.6 Å². The van der Waals surface area contributed by atoms with Crippen LogP contribution in [0.15, 0.2) is 41.4 Å². The Kier molecular flexibility index (Phi) is 3.74. The molecule has 0 fully saturated rings. The number of hydrogen-bond donors (Lipinski definition) is 0. The van der Waals surface area contributed by atoms with Crippen molar-refractivity contribution in [3.05, 3.63) is 47.0 Å². The lowest BCUT2D eigenvalue weighted by Crippen LogP contribution is -1.91. The van der Waals surface area contributed by atoms with Crippen LogP contribution in [0.25, 0.3) is 0 Å². The van der Waals surface area contributed by atoms with E-state index in [4.69, 9.17) is 16.3 Å². The van der Waals surface area contributed by atoms with Gasteiger partial charge in [-0.1, -0.05) is 0 Å². The zero-order chi connectivity index (χ0) is 11.4. The minimum Gasteiger partial charge on any atom is -0.455 e. The molecule has 2 aromatic rings. The van der Waals surface area contributed by atoms with Gasteiger partial charge >= 0.3 is 0 Å². The Morgan fingerprint density at radius 3 is 2.88 bits per heavy atom. The summed E-state index contributed by atoms with van der Waals surface area (Å²) in [6.45, 7) is 0. The Labute approximate surface area is 107 Å². The Morgan fingerprint density at radius 1 is 1.25 bits per heavy atom. The van der Waals surface area contributed by atoms with E-state index in [1.54, 1.807) is 30.9 Å². The molecule has 0 aliphatic carbocycles. The van der Waals surface area contributed by atoms with E-state index in [2.05, 4.69) is 25.9 Å². The van der Waals surface area contributed by atoms with E-state index in [1.807, 2.05) is 6.07 Å². The molecule has 2 heterocycles. The molecule has 2 aromatic heterocycles. The van der Waals surface area contributed by atoms with Crippen molar-refractivity contribution < 1.29 is 4.74 Å². The third-order valence-electron chi connectivity index (χ3n) is 1.91. The predicted molar refractivity (Wildman–Crippen MR) is 65.8 cm³/mol. The first-order valence-electron chi connectivity index (χ1n) is 4.57. The molecule has 16 heavy (non-hydrogen) atoms. The van der Waals surface area contributed by atoms with Gasteiger partial charge in [0.2, 0.25) is 0 Å². The lowest BCUT2D eigenvalue weighted by atomic mass is 10.3. The van der Waals surface area contributed by atoms with Gasteiger partial charge < -0.3 is 4.74 Å². The molecule has 82 valence electrons. The fraction of sp³-hybridized carbons (Fsp3) is 0.0909. The van der Waals surface area contributed by atoms with Crippen LogP contribution in [-0.2, 0) is 5.88 Å². The maximum absolute atomic E-state index is 5.78. The molecule has 0 atom stereocenters. The van der Waals surface area contributed by atoms with Crippen molar-refractivity contribution in [3.8, 4) is 11.5 Å². The minimum absolute atomic E-state index is 0.366. The highest BCUT2D eigenvalue weighted by Gasteiger charge is 2.04. The second kappa shape index (κ2) is 5.27. The van der Waals surface area contributed by atoms with E-state index in [1.165, 1.54) is 0 Å². The van der Waals surface area contributed by atoms with Crippen LogP contribution in [0.2, 0.25) is 0 Å². The number of halogens is 2. The summed E-state index contributed by atoms with van der Waals surface area (Å²) in [5.74, 6) is 1.72. The van der Waals surface area contributed by atoms with Gasteiger partial charge in [-0.3, -0.25) is 9.97 Å². The van der Waals surface area contributed by atoms with Gasteiger partial charge in [0.25, 0.3) is 0 Å². The largest absolute Gasteiger partial charge is 0.455 e. The summed E-state index contributed by atoms with van der Waals surface area (Å²) in [5.41, 5.74) is 0.851. The van der Waals surface area contributed by atoms with Gasteiger partial charge in [-0.05, 0) is 28.1 Å². The molecule has 0 N–H and O–H groups in total. The van der Waals surface area contributed by atoms with Gasteiger partial charge in [-0.15, -0.1) is 11.6 Å². The van der Waals surface area contributed by atoms with Crippen LogP contribution in [0.1, 0.15) is 5.56 Å². The van der Waals surface area contributed by atoms with Gasteiger partial charge in [0.15, 0.2) is 0 Å². The van der Waals surface area contributed by atoms with E-state index in [-0.39, 0.29) is 0 Å². The predicted octanol–water partition coefficient (Wildman–Crippen LogP) is 3.77. The van der Waals surface area contributed by atoms with Crippen molar-refractivity contribution in [2.75, 3.05) is 0 Å². The SMILES string of the molecule is ClCc1cnccc1Oc1cncc(Br)c1. The highest BCUT2D eigenvalue weighted by atomic mass is 79.9. The number of hydrogen-bond acceptors (Lipinski definition) is 3. The average Bonchev–Trinajstić information content (AvgIpc) is 2.30.